The van der Waals surface area contributed by atoms with Crippen LogP contribution < -0.4 is 20.1 Å². The predicted octanol–water partition coefficient (Wildman–Crippen LogP) is 4.79. The molecule has 0 spiro atoms. The normalized spacial score (nSPS) is 17.4. The molecular formula is C18H18ClF3N2O2. The standard InChI is InChI=1S/C18H18ClF3N2O2/c1-11-8-13(3-5-16(11)26-18(20,21)22)24-7-6-14(10-24)25-17-4-2-12(23)9-15(17)19/h2-5,8-9,14H,6-7,10,23H2,1H3/t14-/m0/s1. The third-order valence-electron chi connectivity index (χ3n) is 4.14. The van der Waals surface area contributed by atoms with Crippen molar-refractivity contribution >= 4 is 23.0 Å². The molecule has 2 aromatic carbocycles. The Morgan fingerprint density at radius 3 is 2.54 bits per heavy atom. The van der Waals surface area contributed by atoms with Gasteiger partial charge in [-0.1, -0.05) is 11.6 Å². The van der Waals surface area contributed by atoms with Gasteiger partial charge in [0.25, 0.3) is 0 Å². The molecule has 2 aromatic rings. The van der Waals surface area contributed by atoms with Gasteiger partial charge in [0.15, 0.2) is 0 Å². The lowest BCUT2D eigenvalue weighted by Crippen LogP contribution is -2.24. The molecule has 0 saturated carbocycles. The van der Waals surface area contributed by atoms with E-state index in [9.17, 15) is 13.2 Å². The lowest BCUT2D eigenvalue weighted by Gasteiger charge is -2.21. The third kappa shape index (κ3) is 4.46. The molecule has 4 nitrogen and oxygen atoms in total. The van der Waals surface area contributed by atoms with Gasteiger partial charge in [-0.3, -0.25) is 0 Å². The van der Waals surface area contributed by atoms with Crippen LogP contribution in [0.25, 0.3) is 0 Å². The van der Waals surface area contributed by atoms with E-state index in [2.05, 4.69) is 9.64 Å². The molecule has 140 valence electrons. The van der Waals surface area contributed by atoms with Gasteiger partial charge in [-0.25, -0.2) is 0 Å². The lowest BCUT2D eigenvalue weighted by molar-refractivity contribution is -0.274. The van der Waals surface area contributed by atoms with E-state index in [0.29, 0.717) is 28.6 Å². The van der Waals surface area contributed by atoms with Gasteiger partial charge in [0.1, 0.15) is 17.6 Å². The molecule has 1 saturated heterocycles. The Hall–Kier alpha value is -2.28. The molecule has 1 atom stereocenters. The summed E-state index contributed by atoms with van der Waals surface area (Å²) < 4.78 is 47.0. The minimum atomic E-state index is -4.70. The summed E-state index contributed by atoms with van der Waals surface area (Å²) in [4.78, 5) is 2.06. The molecule has 0 unspecified atom stereocenters. The van der Waals surface area contributed by atoms with Gasteiger partial charge in [0.05, 0.1) is 11.6 Å². The number of alkyl halides is 3. The van der Waals surface area contributed by atoms with Gasteiger partial charge in [0, 0.05) is 24.3 Å². The first-order chi connectivity index (χ1) is 12.2. The van der Waals surface area contributed by atoms with E-state index in [4.69, 9.17) is 22.1 Å². The summed E-state index contributed by atoms with van der Waals surface area (Å²) >= 11 is 6.13. The van der Waals surface area contributed by atoms with Crippen LogP contribution in [0.1, 0.15) is 12.0 Å². The zero-order chi connectivity index (χ0) is 18.9. The first-order valence-electron chi connectivity index (χ1n) is 8.04. The number of nitrogens with zero attached hydrogens (tertiary/aromatic N) is 1. The van der Waals surface area contributed by atoms with Crippen LogP contribution in [0.2, 0.25) is 5.02 Å². The molecule has 26 heavy (non-hydrogen) atoms. The smallest absolute Gasteiger partial charge is 0.487 e. The van der Waals surface area contributed by atoms with E-state index >= 15 is 0 Å². The third-order valence-corrected chi connectivity index (χ3v) is 4.44. The Balaban J connectivity index is 1.66. The second-order valence-corrected chi connectivity index (χ2v) is 6.57. The SMILES string of the molecule is Cc1cc(N2CC[C@H](Oc3ccc(N)cc3Cl)C2)ccc1OC(F)(F)F. The number of aryl methyl sites for hydroxylation is 1. The molecule has 0 radical (unpaired) electrons. The fourth-order valence-corrected chi connectivity index (χ4v) is 3.15. The molecular weight excluding hydrogens is 369 g/mol. The number of rotatable bonds is 4. The maximum atomic E-state index is 12.4. The van der Waals surface area contributed by atoms with Crippen molar-refractivity contribution in [3.8, 4) is 11.5 Å². The Morgan fingerprint density at radius 2 is 1.88 bits per heavy atom. The molecule has 1 fully saturated rings. The number of halogens is 4. The number of nitrogen functional groups attached to an aromatic ring is 1. The van der Waals surface area contributed by atoms with Crippen LogP contribution in [-0.4, -0.2) is 25.6 Å². The molecule has 0 aromatic heterocycles. The number of ether oxygens (including phenoxy) is 2. The quantitative estimate of drug-likeness (QED) is 0.768. The molecule has 3 rings (SSSR count). The summed E-state index contributed by atoms with van der Waals surface area (Å²) in [5.74, 6) is 0.375. The van der Waals surface area contributed by atoms with Crippen LogP contribution in [0.15, 0.2) is 36.4 Å². The fourth-order valence-electron chi connectivity index (χ4n) is 2.92. The molecule has 8 heteroatoms. The van der Waals surface area contributed by atoms with Crippen molar-refractivity contribution in [3.05, 3.63) is 47.0 Å². The summed E-state index contributed by atoms with van der Waals surface area (Å²) in [7, 11) is 0. The van der Waals surface area contributed by atoms with Crippen molar-refractivity contribution < 1.29 is 22.6 Å². The highest BCUT2D eigenvalue weighted by molar-refractivity contribution is 6.32. The Labute approximate surface area is 154 Å². The highest BCUT2D eigenvalue weighted by Crippen LogP contribution is 2.32. The number of anilines is 2. The summed E-state index contributed by atoms with van der Waals surface area (Å²) in [6.45, 7) is 2.93. The molecule has 0 bridgehead atoms. The summed E-state index contributed by atoms with van der Waals surface area (Å²) in [6.07, 6.45) is -3.99. The van der Waals surface area contributed by atoms with Crippen molar-refractivity contribution in [1.29, 1.82) is 0 Å². The van der Waals surface area contributed by atoms with Crippen LogP contribution >= 0.6 is 11.6 Å². The first-order valence-corrected chi connectivity index (χ1v) is 8.42. The summed E-state index contributed by atoms with van der Waals surface area (Å²) in [5.41, 5.74) is 7.48. The molecule has 1 aliphatic heterocycles. The number of nitrogens with two attached hydrogens (primary N) is 1. The highest BCUT2D eigenvalue weighted by atomic mass is 35.5. The van der Waals surface area contributed by atoms with Crippen LogP contribution in [-0.2, 0) is 0 Å². The van der Waals surface area contributed by atoms with E-state index in [0.717, 1.165) is 18.7 Å². The lowest BCUT2D eigenvalue weighted by atomic mass is 10.2. The molecule has 1 heterocycles. The van der Waals surface area contributed by atoms with E-state index in [1.54, 1.807) is 37.3 Å². The van der Waals surface area contributed by atoms with Gasteiger partial charge in [-0.2, -0.15) is 0 Å². The van der Waals surface area contributed by atoms with Crippen molar-refractivity contribution in [2.75, 3.05) is 23.7 Å². The molecule has 1 aliphatic rings. The highest BCUT2D eigenvalue weighted by Gasteiger charge is 2.32. The zero-order valence-corrected chi connectivity index (χ0v) is 14.8. The topological polar surface area (TPSA) is 47.7 Å². The first kappa shape index (κ1) is 18.5. The Morgan fingerprint density at radius 1 is 1.15 bits per heavy atom. The molecule has 0 amide bonds. The minimum absolute atomic E-state index is 0.0671. The number of hydrogen-bond acceptors (Lipinski definition) is 4. The van der Waals surface area contributed by atoms with E-state index < -0.39 is 6.36 Å². The Kier molecular flexibility index (Phi) is 5.09. The van der Waals surface area contributed by atoms with Crippen LogP contribution in [0, 0.1) is 6.92 Å². The van der Waals surface area contributed by atoms with Gasteiger partial charge < -0.3 is 20.1 Å². The average Bonchev–Trinajstić information content (AvgIpc) is 2.99. The zero-order valence-electron chi connectivity index (χ0n) is 14.0. The summed E-state index contributed by atoms with van der Waals surface area (Å²) in [5, 5.41) is 0.452. The van der Waals surface area contributed by atoms with Gasteiger partial charge in [0.2, 0.25) is 0 Å². The fraction of sp³-hybridized carbons (Fsp3) is 0.333. The van der Waals surface area contributed by atoms with Crippen LogP contribution in [0.5, 0.6) is 11.5 Å². The predicted molar refractivity (Wildman–Crippen MR) is 95.0 cm³/mol. The maximum absolute atomic E-state index is 12.4. The second-order valence-electron chi connectivity index (χ2n) is 6.16. The number of benzene rings is 2. The van der Waals surface area contributed by atoms with E-state index in [1.807, 2.05) is 0 Å². The number of hydrogen-bond donors (Lipinski definition) is 1. The molecule has 2 N–H and O–H groups in total. The van der Waals surface area contributed by atoms with Gasteiger partial charge >= 0.3 is 6.36 Å². The van der Waals surface area contributed by atoms with Crippen molar-refractivity contribution in [2.45, 2.75) is 25.8 Å². The second kappa shape index (κ2) is 7.15. The molecule has 0 aliphatic carbocycles. The van der Waals surface area contributed by atoms with Crippen LogP contribution in [0.4, 0.5) is 24.5 Å². The largest absolute Gasteiger partial charge is 0.573 e. The van der Waals surface area contributed by atoms with Crippen molar-refractivity contribution in [1.82, 2.24) is 0 Å². The maximum Gasteiger partial charge on any atom is 0.573 e. The summed E-state index contributed by atoms with van der Waals surface area (Å²) in [6, 6.07) is 9.71. The van der Waals surface area contributed by atoms with Gasteiger partial charge in [-0.05, 0) is 48.9 Å². The van der Waals surface area contributed by atoms with Gasteiger partial charge in [-0.15, -0.1) is 13.2 Å². The van der Waals surface area contributed by atoms with Crippen LogP contribution in [0.3, 0.4) is 0 Å². The van der Waals surface area contributed by atoms with Crippen molar-refractivity contribution in [2.24, 2.45) is 0 Å². The monoisotopic (exact) mass is 386 g/mol. The van der Waals surface area contributed by atoms with E-state index in [-0.39, 0.29) is 11.9 Å². The Bertz CT molecular complexity index is 798. The van der Waals surface area contributed by atoms with Crippen molar-refractivity contribution in [3.63, 3.8) is 0 Å². The van der Waals surface area contributed by atoms with E-state index in [1.165, 1.54) is 6.07 Å². The average molecular weight is 387 g/mol. The minimum Gasteiger partial charge on any atom is -0.487 e.